The highest BCUT2D eigenvalue weighted by Gasteiger charge is 2.24. The molecule has 3 N–H and O–H groups in total. The summed E-state index contributed by atoms with van der Waals surface area (Å²) in [5.74, 6) is 0.450. The minimum Gasteiger partial charge on any atom is -0.497 e. The summed E-state index contributed by atoms with van der Waals surface area (Å²) in [6.07, 6.45) is 1.56. The van der Waals surface area contributed by atoms with Crippen LogP contribution in [0, 0.1) is 0 Å². The van der Waals surface area contributed by atoms with Crippen molar-refractivity contribution in [2.24, 2.45) is 0 Å². The van der Waals surface area contributed by atoms with Crippen molar-refractivity contribution in [2.75, 3.05) is 32.0 Å². The van der Waals surface area contributed by atoms with Gasteiger partial charge in [-0.15, -0.1) is 23.1 Å². The number of rotatable bonds is 14. The van der Waals surface area contributed by atoms with Gasteiger partial charge in [0.1, 0.15) is 16.7 Å². The third-order valence-electron chi connectivity index (χ3n) is 8.03. The summed E-state index contributed by atoms with van der Waals surface area (Å²) in [5.41, 5.74) is 3.85. The Morgan fingerprint density at radius 2 is 1.48 bits per heavy atom. The summed E-state index contributed by atoms with van der Waals surface area (Å²) in [4.78, 5) is 46.3. The molecule has 6 rings (SSSR count). The fourth-order valence-corrected chi connectivity index (χ4v) is 7.16. The lowest BCUT2D eigenvalue weighted by Crippen LogP contribution is -2.30. The van der Waals surface area contributed by atoms with Crippen molar-refractivity contribution in [2.45, 2.75) is 10.1 Å². The van der Waals surface area contributed by atoms with Crippen LogP contribution in [-0.2, 0) is 9.59 Å². The molecule has 1 heterocycles. The predicted molar refractivity (Wildman–Crippen MR) is 214 cm³/mol. The van der Waals surface area contributed by atoms with Crippen molar-refractivity contribution >= 4 is 57.7 Å². The minimum atomic E-state index is -0.646. The first kappa shape index (κ1) is 37.4. The Kier molecular flexibility index (Phi) is 12.4. The summed E-state index contributed by atoms with van der Waals surface area (Å²) < 4.78 is 16.1. The number of anilines is 2. The number of methoxy groups -OCH3 is 3. The van der Waals surface area contributed by atoms with E-state index < -0.39 is 17.1 Å². The van der Waals surface area contributed by atoms with Gasteiger partial charge < -0.3 is 30.2 Å². The van der Waals surface area contributed by atoms with Gasteiger partial charge in [0.15, 0.2) is 16.6 Å². The zero-order chi connectivity index (χ0) is 37.9. The maximum absolute atomic E-state index is 13.9. The van der Waals surface area contributed by atoms with Crippen LogP contribution in [-0.4, -0.2) is 44.0 Å². The fraction of sp³-hybridized carbons (Fsp3) is 0.0952. The molecule has 6 aromatic rings. The van der Waals surface area contributed by atoms with Gasteiger partial charge in [-0.3, -0.25) is 14.4 Å². The predicted octanol–water partition coefficient (Wildman–Crippen LogP) is 8.72. The van der Waals surface area contributed by atoms with E-state index in [1.54, 1.807) is 79.9 Å². The van der Waals surface area contributed by atoms with E-state index >= 15 is 0 Å². The number of ether oxygens (including phenoxy) is 3. The minimum absolute atomic E-state index is 0.00688. The summed E-state index contributed by atoms with van der Waals surface area (Å²) in [6.45, 7) is 0. The van der Waals surface area contributed by atoms with Crippen molar-refractivity contribution in [1.29, 1.82) is 0 Å². The van der Waals surface area contributed by atoms with E-state index in [1.807, 2.05) is 66.0 Å². The number of aromatic nitrogens is 1. The highest BCUT2D eigenvalue weighted by molar-refractivity contribution is 8.00. The molecule has 12 heteroatoms. The molecule has 0 aliphatic heterocycles. The monoisotopic (exact) mass is 756 g/mol. The van der Waals surface area contributed by atoms with Crippen LogP contribution in [0.2, 0.25) is 0 Å². The van der Waals surface area contributed by atoms with Gasteiger partial charge >= 0.3 is 0 Å². The molecule has 0 radical (unpaired) electrons. The summed E-state index contributed by atoms with van der Waals surface area (Å²) in [5, 5.41) is 10.4. The lowest BCUT2D eigenvalue weighted by Gasteiger charge is -2.17. The molecule has 0 bridgehead atoms. The highest BCUT2D eigenvalue weighted by Crippen LogP contribution is 2.38. The van der Waals surface area contributed by atoms with E-state index in [1.165, 1.54) is 37.3 Å². The molecule has 5 aromatic carbocycles. The molecule has 0 fully saturated rings. The number of hydrogen-bond acceptors (Lipinski definition) is 9. The maximum atomic E-state index is 13.9. The summed E-state index contributed by atoms with van der Waals surface area (Å²) >= 11 is 2.67. The van der Waals surface area contributed by atoms with Gasteiger partial charge in [0.2, 0.25) is 5.91 Å². The topological polar surface area (TPSA) is 128 Å². The van der Waals surface area contributed by atoms with Crippen molar-refractivity contribution in [3.05, 3.63) is 155 Å². The van der Waals surface area contributed by atoms with Crippen LogP contribution in [0.4, 0.5) is 10.8 Å². The molecule has 1 atom stereocenters. The van der Waals surface area contributed by atoms with Crippen LogP contribution in [0.15, 0.2) is 143 Å². The van der Waals surface area contributed by atoms with Gasteiger partial charge in [0.05, 0.1) is 27.0 Å². The van der Waals surface area contributed by atoms with Crippen LogP contribution >= 0.6 is 23.1 Å². The highest BCUT2D eigenvalue weighted by atomic mass is 32.2. The first-order valence-corrected chi connectivity index (χ1v) is 18.4. The van der Waals surface area contributed by atoms with Gasteiger partial charge in [-0.2, -0.15) is 0 Å². The Morgan fingerprint density at radius 3 is 2.22 bits per heavy atom. The van der Waals surface area contributed by atoms with E-state index in [0.29, 0.717) is 39.2 Å². The molecule has 0 saturated heterocycles. The number of nitrogens with zero attached hydrogens (tertiary/aromatic N) is 1. The van der Waals surface area contributed by atoms with Crippen molar-refractivity contribution in [1.82, 2.24) is 10.3 Å². The van der Waals surface area contributed by atoms with Crippen molar-refractivity contribution in [3.63, 3.8) is 0 Å². The van der Waals surface area contributed by atoms with Crippen molar-refractivity contribution in [3.8, 4) is 28.5 Å². The largest absolute Gasteiger partial charge is 0.497 e. The lowest BCUT2D eigenvalue weighted by molar-refractivity contribution is -0.116. The van der Waals surface area contributed by atoms with E-state index in [-0.39, 0.29) is 11.6 Å². The normalized spacial score (nSPS) is 11.6. The summed E-state index contributed by atoms with van der Waals surface area (Å²) in [6, 6.07) is 38.0. The Labute approximate surface area is 321 Å². The number of thioether (sulfide) groups is 1. The van der Waals surface area contributed by atoms with Gasteiger partial charge in [0.25, 0.3) is 11.8 Å². The molecule has 10 nitrogen and oxygen atoms in total. The first-order chi connectivity index (χ1) is 26.3. The molecule has 0 spiro atoms. The Morgan fingerprint density at radius 1 is 0.741 bits per heavy atom. The van der Waals surface area contributed by atoms with Gasteiger partial charge in [0, 0.05) is 27.1 Å². The Balaban J connectivity index is 1.22. The average molecular weight is 757 g/mol. The van der Waals surface area contributed by atoms with Crippen molar-refractivity contribution < 1.29 is 28.6 Å². The second-order valence-corrected chi connectivity index (χ2v) is 13.7. The SMILES string of the molecule is COc1cccc(-c2csc(NC(=O)C(Sc3cccc(NC(=O)/C(=C\c4ccc(OC)c(OC)c4)NC(=O)c4ccccc4)c3)c3ccccc3)n2)c1. The number of benzene rings is 5. The Hall–Kier alpha value is -6.37. The van der Waals surface area contributed by atoms with Gasteiger partial charge in [-0.05, 0) is 71.8 Å². The Bertz CT molecular complexity index is 2280. The first-order valence-electron chi connectivity index (χ1n) is 16.7. The standard InChI is InChI=1S/C42H36N4O6S2/c1-50-32-18-10-16-30(24-32)35-26-53-42(45-35)46-41(49)38(28-12-6-4-7-13-28)54-33-19-11-17-31(25-33)43-40(48)34(44-39(47)29-14-8-5-9-15-29)22-27-20-21-36(51-2)37(23-27)52-3/h4-26,38H,1-3H3,(H,43,48)(H,44,47)(H,45,46,49)/b34-22+. The molecule has 0 aliphatic carbocycles. The van der Waals surface area contributed by atoms with E-state index in [2.05, 4.69) is 20.9 Å². The van der Waals surface area contributed by atoms with Gasteiger partial charge in [-0.1, -0.05) is 72.8 Å². The summed E-state index contributed by atoms with van der Waals surface area (Å²) in [7, 11) is 4.67. The number of carbonyl (C=O) groups is 3. The number of thiazole rings is 1. The van der Waals surface area contributed by atoms with Crippen LogP contribution in [0.5, 0.6) is 17.2 Å². The van der Waals surface area contributed by atoms with Crippen LogP contribution in [0.25, 0.3) is 17.3 Å². The number of hydrogen-bond donors (Lipinski definition) is 3. The zero-order valence-corrected chi connectivity index (χ0v) is 31.2. The van der Waals surface area contributed by atoms with E-state index in [9.17, 15) is 14.4 Å². The van der Waals surface area contributed by atoms with Crippen LogP contribution in [0.3, 0.4) is 0 Å². The maximum Gasteiger partial charge on any atom is 0.272 e. The second-order valence-electron chi connectivity index (χ2n) is 11.6. The molecule has 0 aliphatic rings. The lowest BCUT2D eigenvalue weighted by atomic mass is 10.1. The quantitative estimate of drug-likeness (QED) is 0.0744. The second kappa shape index (κ2) is 17.9. The molecular formula is C42H36N4O6S2. The molecular weight excluding hydrogens is 721 g/mol. The molecule has 0 saturated carbocycles. The number of nitrogens with one attached hydrogen (secondary N) is 3. The third kappa shape index (κ3) is 9.54. The van der Waals surface area contributed by atoms with Crippen LogP contribution < -0.4 is 30.2 Å². The number of carbonyl (C=O) groups excluding carboxylic acids is 3. The molecule has 272 valence electrons. The molecule has 3 amide bonds. The average Bonchev–Trinajstić information content (AvgIpc) is 3.68. The third-order valence-corrected chi connectivity index (χ3v) is 10.0. The molecule has 1 unspecified atom stereocenters. The number of amides is 3. The van der Waals surface area contributed by atoms with Gasteiger partial charge in [-0.25, -0.2) is 4.98 Å². The van der Waals surface area contributed by atoms with E-state index in [0.717, 1.165) is 21.7 Å². The molecule has 1 aromatic heterocycles. The smallest absolute Gasteiger partial charge is 0.272 e. The zero-order valence-electron chi connectivity index (χ0n) is 29.6. The van der Waals surface area contributed by atoms with E-state index in [4.69, 9.17) is 14.2 Å². The fourth-order valence-electron chi connectivity index (χ4n) is 5.35. The molecule has 54 heavy (non-hydrogen) atoms. The van der Waals surface area contributed by atoms with Crippen LogP contribution in [0.1, 0.15) is 26.7 Å².